The summed E-state index contributed by atoms with van der Waals surface area (Å²) in [6.07, 6.45) is -4.71. The number of nitriles is 1. The van der Waals surface area contributed by atoms with Crippen LogP contribution in [0, 0.1) is 11.3 Å². The molecule has 1 aromatic rings. The van der Waals surface area contributed by atoms with E-state index in [9.17, 15) is 18.0 Å². The number of nitrogens with zero attached hydrogens (tertiary/aromatic N) is 2. The van der Waals surface area contributed by atoms with E-state index in [4.69, 9.17) is 5.26 Å². The summed E-state index contributed by atoms with van der Waals surface area (Å²) in [5.41, 5.74) is -1.77. The van der Waals surface area contributed by atoms with Crippen LogP contribution in [0.1, 0.15) is 12.1 Å². The average Bonchev–Trinajstić information content (AvgIpc) is 2.14. The highest BCUT2D eigenvalue weighted by molar-refractivity contribution is 5.10. The van der Waals surface area contributed by atoms with Gasteiger partial charge >= 0.3 is 6.18 Å². The molecular weight excluding hydrogens is 209 g/mol. The van der Waals surface area contributed by atoms with Gasteiger partial charge in [0.15, 0.2) is 0 Å². The number of hydrogen-bond acceptors (Lipinski definition) is 2. The Kier molecular flexibility index (Phi) is 3.14. The van der Waals surface area contributed by atoms with E-state index in [1.165, 1.54) is 0 Å². The van der Waals surface area contributed by atoms with Crippen LogP contribution in [-0.4, -0.2) is 4.57 Å². The van der Waals surface area contributed by atoms with Gasteiger partial charge in [-0.1, -0.05) is 6.07 Å². The van der Waals surface area contributed by atoms with Gasteiger partial charge in [0, 0.05) is 12.6 Å². The number of rotatable bonds is 2. The van der Waals surface area contributed by atoms with Crippen molar-refractivity contribution in [3.05, 3.63) is 34.2 Å². The molecule has 0 aliphatic rings. The van der Waals surface area contributed by atoms with Gasteiger partial charge in [0.1, 0.15) is 5.69 Å². The fourth-order valence-corrected chi connectivity index (χ4v) is 1.16. The molecule has 0 aliphatic carbocycles. The van der Waals surface area contributed by atoms with Gasteiger partial charge in [0.2, 0.25) is 0 Å². The fourth-order valence-electron chi connectivity index (χ4n) is 1.16. The summed E-state index contributed by atoms with van der Waals surface area (Å²) in [5.74, 6) is 0. The van der Waals surface area contributed by atoms with Crippen molar-refractivity contribution in [3.8, 4) is 6.07 Å². The first-order valence-electron chi connectivity index (χ1n) is 4.11. The first-order valence-corrected chi connectivity index (χ1v) is 4.11. The molecule has 0 spiro atoms. The zero-order chi connectivity index (χ0) is 11.5. The van der Waals surface area contributed by atoms with Crippen LogP contribution >= 0.6 is 0 Å². The topological polar surface area (TPSA) is 45.8 Å². The van der Waals surface area contributed by atoms with Crippen molar-refractivity contribution >= 4 is 0 Å². The highest BCUT2D eigenvalue weighted by atomic mass is 19.4. The van der Waals surface area contributed by atoms with E-state index in [-0.39, 0.29) is 13.0 Å². The molecule has 0 aliphatic heterocycles. The molecular formula is C9H7F3N2O. The summed E-state index contributed by atoms with van der Waals surface area (Å²) in [6.45, 7) is -0.245. The molecule has 0 saturated carbocycles. The van der Waals surface area contributed by atoms with Gasteiger partial charge in [-0.3, -0.25) is 4.79 Å². The van der Waals surface area contributed by atoms with E-state index in [1.807, 2.05) is 0 Å². The Morgan fingerprint density at radius 1 is 1.40 bits per heavy atom. The van der Waals surface area contributed by atoms with E-state index >= 15 is 0 Å². The van der Waals surface area contributed by atoms with Crippen molar-refractivity contribution in [1.29, 1.82) is 5.26 Å². The van der Waals surface area contributed by atoms with Crippen LogP contribution in [0.15, 0.2) is 23.0 Å². The third-order valence-corrected chi connectivity index (χ3v) is 1.79. The minimum Gasteiger partial charge on any atom is -0.303 e. The van der Waals surface area contributed by atoms with E-state index in [1.54, 1.807) is 6.07 Å². The monoisotopic (exact) mass is 216 g/mol. The van der Waals surface area contributed by atoms with Crippen molar-refractivity contribution in [2.45, 2.75) is 19.1 Å². The predicted octanol–water partition coefficient (Wildman–Crippen LogP) is 1.78. The molecule has 0 radical (unpaired) electrons. The molecule has 1 heterocycles. The predicted molar refractivity (Wildman–Crippen MR) is 45.9 cm³/mol. The SMILES string of the molecule is N#CCCn1c(C(F)(F)F)cccc1=O. The molecule has 0 aromatic carbocycles. The van der Waals surface area contributed by atoms with Gasteiger partial charge in [-0.05, 0) is 6.07 Å². The molecule has 0 unspecified atom stereocenters. The molecule has 0 N–H and O–H groups in total. The number of hydrogen-bond donors (Lipinski definition) is 0. The standard InChI is InChI=1S/C9H7F3N2O/c10-9(11,12)7-3-1-4-8(15)14(7)6-2-5-13/h1,3-4H,2,6H2. The first-order chi connectivity index (χ1) is 6.96. The van der Waals surface area contributed by atoms with Gasteiger partial charge < -0.3 is 4.57 Å². The summed E-state index contributed by atoms with van der Waals surface area (Å²) in [5, 5.41) is 8.27. The number of alkyl halides is 3. The third kappa shape index (κ3) is 2.59. The molecule has 80 valence electrons. The van der Waals surface area contributed by atoms with E-state index < -0.39 is 17.4 Å². The van der Waals surface area contributed by atoms with Gasteiger partial charge in [0.05, 0.1) is 12.5 Å². The van der Waals surface area contributed by atoms with Crippen molar-refractivity contribution in [2.24, 2.45) is 0 Å². The number of aromatic nitrogens is 1. The second kappa shape index (κ2) is 4.17. The van der Waals surface area contributed by atoms with Gasteiger partial charge in [-0.2, -0.15) is 18.4 Å². The Balaban J connectivity index is 3.22. The summed E-state index contributed by atoms with van der Waals surface area (Å²) in [4.78, 5) is 11.1. The fraction of sp³-hybridized carbons (Fsp3) is 0.333. The Bertz CT molecular complexity index is 442. The normalized spacial score (nSPS) is 11.1. The molecule has 0 atom stereocenters. The Hall–Kier alpha value is -1.77. The summed E-state index contributed by atoms with van der Waals surface area (Å²) in [6, 6.07) is 4.60. The third-order valence-electron chi connectivity index (χ3n) is 1.79. The molecule has 0 amide bonds. The van der Waals surface area contributed by atoms with Crippen LogP contribution < -0.4 is 5.56 Å². The Morgan fingerprint density at radius 2 is 2.07 bits per heavy atom. The number of halogens is 3. The van der Waals surface area contributed by atoms with Crippen LogP contribution in [0.25, 0.3) is 0 Å². The van der Waals surface area contributed by atoms with Crippen LogP contribution in [0.3, 0.4) is 0 Å². The second-order valence-corrected chi connectivity index (χ2v) is 2.81. The highest BCUT2D eigenvalue weighted by Crippen LogP contribution is 2.28. The molecule has 0 bridgehead atoms. The van der Waals surface area contributed by atoms with Crippen molar-refractivity contribution < 1.29 is 13.2 Å². The van der Waals surface area contributed by atoms with E-state index in [0.717, 1.165) is 18.2 Å². The van der Waals surface area contributed by atoms with Crippen LogP contribution in [-0.2, 0) is 12.7 Å². The summed E-state index contributed by atoms with van der Waals surface area (Å²) in [7, 11) is 0. The van der Waals surface area contributed by atoms with Gasteiger partial charge in [-0.25, -0.2) is 0 Å². The zero-order valence-electron chi connectivity index (χ0n) is 7.58. The first kappa shape index (κ1) is 11.3. The largest absolute Gasteiger partial charge is 0.431 e. The molecule has 3 nitrogen and oxygen atoms in total. The zero-order valence-corrected chi connectivity index (χ0v) is 7.58. The Morgan fingerprint density at radius 3 is 2.60 bits per heavy atom. The maximum Gasteiger partial charge on any atom is 0.431 e. The van der Waals surface area contributed by atoms with Crippen molar-refractivity contribution in [2.75, 3.05) is 0 Å². The van der Waals surface area contributed by atoms with E-state index in [2.05, 4.69) is 0 Å². The smallest absolute Gasteiger partial charge is 0.303 e. The molecule has 1 aromatic heterocycles. The van der Waals surface area contributed by atoms with Gasteiger partial charge in [0.25, 0.3) is 5.56 Å². The molecule has 0 fully saturated rings. The lowest BCUT2D eigenvalue weighted by atomic mass is 10.3. The van der Waals surface area contributed by atoms with Crippen molar-refractivity contribution in [1.82, 2.24) is 4.57 Å². The lowest BCUT2D eigenvalue weighted by Gasteiger charge is -2.13. The van der Waals surface area contributed by atoms with Crippen LogP contribution in [0.2, 0.25) is 0 Å². The maximum absolute atomic E-state index is 12.4. The Labute approximate surface area is 83.4 Å². The quantitative estimate of drug-likeness (QED) is 0.756. The van der Waals surface area contributed by atoms with E-state index in [0.29, 0.717) is 4.57 Å². The molecule has 15 heavy (non-hydrogen) atoms. The van der Waals surface area contributed by atoms with Crippen molar-refractivity contribution in [3.63, 3.8) is 0 Å². The number of pyridine rings is 1. The molecule has 6 heteroatoms. The lowest BCUT2D eigenvalue weighted by Crippen LogP contribution is -2.27. The molecule has 1 rings (SSSR count). The minimum absolute atomic E-state index is 0.132. The molecule has 0 saturated heterocycles. The van der Waals surface area contributed by atoms with Gasteiger partial charge in [-0.15, -0.1) is 0 Å². The summed E-state index contributed by atoms with van der Waals surface area (Å²) < 4.78 is 37.8. The average molecular weight is 216 g/mol. The second-order valence-electron chi connectivity index (χ2n) is 2.81. The minimum atomic E-state index is -4.57. The summed E-state index contributed by atoms with van der Waals surface area (Å²) >= 11 is 0. The maximum atomic E-state index is 12.4. The highest BCUT2D eigenvalue weighted by Gasteiger charge is 2.33. The van der Waals surface area contributed by atoms with Crippen LogP contribution in [0.5, 0.6) is 0 Å². The van der Waals surface area contributed by atoms with Crippen LogP contribution in [0.4, 0.5) is 13.2 Å². The lowest BCUT2D eigenvalue weighted by molar-refractivity contribution is -0.144.